The lowest BCUT2D eigenvalue weighted by Crippen LogP contribution is -2.46. The van der Waals surface area contributed by atoms with Gasteiger partial charge in [-0.1, -0.05) is 13.0 Å². The van der Waals surface area contributed by atoms with Crippen molar-refractivity contribution >= 4 is 11.6 Å². The minimum atomic E-state index is -0.162. The monoisotopic (exact) mass is 415 g/mol. The van der Waals surface area contributed by atoms with E-state index in [1.54, 1.807) is 12.3 Å². The molecule has 0 spiro atoms. The van der Waals surface area contributed by atoms with Crippen LogP contribution < -0.4 is 15.5 Å². The summed E-state index contributed by atoms with van der Waals surface area (Å²) in [6, 6.07) is 7.42. The van der Waals surface area contributed by atoms with Gasteiger partial charge in [0, 0.05) is 58.2 Å². The second-order valence-electron chi connectivity index (χ2n) is 7.45. The predicted octanol–water partition coefficient (Wildman–Crippen LogP) is 2.31. The average molecular weight is 416 g/mol. The van der Waals surface area contributed by atoms with Crippen LogP contribution in [0.2, 0.25) is 0 Å². The van der Waals surface area contributed by atoms with E-state index in [1.807, 2.05) is 36.0 Å². The van der Waals surface area contributed by atoms with Gasteiger partial charge in [-0.15, -0.1) is 0 Å². The van der Waals surface area contributed by atoms with E-state index < -0.39 is 0 Å². The van der Waals surface area contributed by atoms with Crippen molar-refractivity contribution in [1.82, 2.24) is 25.3 Å². The molecule has 1 aromatic heterocycles. The van der Waals surface area contributed by atoms with Gasteiger partial charge in [-0.25, -0.2) is 9.38 Å². The fourth-order valence-electron chi connectivity index (χ4n) is 3.60. The van der Waals surface area contributed by atoms with Crippen molar-refractivity contribution in [3.63, 3.8) is 0 Å². The van der Waals surface area contributed by atoms with Gasteiger partial charge in [-0.3, -0.25) is 4.68 Å². The highest BCUT2D eigenvalue weighted by Crippen LogP contribution is 2.22. The molecule has 0 atom stereocenters. The van der Waals surface area contributed by atoms with Crippen molar-refractivity contribution in [3.8, 4) is 0 Å². The molecule has 0 amide bonds. The third-order valence-corrected chi connectivity index (χ3v) is 5.35. The molecule has 0 saturated carbocycles. The molecule has 7 nitrogen and oxygen atoms in total. The number of aryl methyl sites for hydroxylation is 1. The molecular formula is C22H34FN7. The molecule has 0 bridgehead atoms. The molecule has 2 aromatic rings. The Morgan fingerprint density at radius 1 is 1.17 bits per heavy atom. The van der Waals surface area contributed by atoms with Crippen LogP contribution in [-0.2, 0) is 13.1 Å². The Kier molecular flexibility index (Phi) is 8.50. The summed E-state index contributed by atoms with van der Waals surface area (Å²) in [6.07, 6.45) is 4.69. The SMILES string of the molecule is CCNC(=NCc1ccc(N2CCN(CC)CC2)c(F)c1)NCCCn1cccn1. The zero-order valence-electron chi connectivity index (χ0n) is 18.1. The quantitative estimate of drug-likeness (QED) is 0.374. The summed E-state index contributed by atoms with van der Waals surface area (Å²) in [4.78, 5) is 9.14. The number of guanidine groups is 1. The van der Waals surface area contributed by atoms with Gasteiger partial charge >= 0.3 is 0 Å². The number of anilines is 1. The Hall–Kier alpha value is -2.61. The van der Waals surface area contributed by atoms with Crippen LogP contribution >= 0.6 is 0 Å². The maximum absolute atomic E-state index is 14.7. The van der Waals surface area contributed by atoms with Crippen LogP contribution in [0.3, 0.4) is 0 Å². The summed E-state index contributed by atoms with van der Waals surface area (Å²) in [6.45, 7) is 11.8. The number of likely N-dealkylation sites (N-methyl/N-ethyl adjacent to an activating group) is 1. The third kappa shape index (κ3) is 6.45. The standard InChI is InChI=1S/C22H34FN7/c1-3-24-22(25-9-5-11-30-12-6-10-27-30)26-18-19-7-8-21(20(23)17-19)29-15-13-28(4-2)14-16-29/h6-8,10,12,17H,3-5,9,11,13-16,18H2,1-2H3,(H2,24,25,26). The molecule has 1 fully saturated rings. The predicted molar refractivity (Wildman–Crippen MR) is 120 cm³/mol. The van der Waals surface area contributed by atoms with Crippen LogP contribution in [0.25, 0.3) is 0 Å². The zero-order chi connectivity index (χ0) is 21.2. The summed E-state index contributed by atoms with van der Waals surface area (Å²) in [7, 11) is 0. The van der Waals surface area contributed by atoms with Crippen molar-refractivity contribution in [3.05, 3.63) is 48.0 Å². The topological polar surface area (TPSA) is 60.7 Å². The molecule has 1 saturated heterocycles. The van der Waals surface area contributed by atoms with Gasteiger partial charge in [0.15, 0.2) is 5.96 Å². The second-order valence-corrected chi connectivity index (χ2v) is 7.45. The summed E-state index contributed by atoms with van der Waals surface area (Å²) in [5.41, 5.74) is 1.57. The van der Waals surface area contributed by atoms with Crippen LogP contribution in [0, 0.1) is 5.82 Å². The van der Waals surface area contributed by atoms with E-state index in [0.717, 1.165) is 70.3 Å². The molecule has 164 valence electrons. The number of aliphatic imine (C=N–C) groups is 1. The first-order valence-electron chi connectivity index (χ1n) is 10.9. The number of benzene rings is 1. The first kappa shape index (κ1) is 22.1. The lowest BCUT2D eigenvalue weighted by atomic mass is 10.1. The first-order chi connectivity index (χ1) is 14.7. The Balaban J connectivity index is 1.51. The van der Waals surface area contributed by atoms with Gasteiger partial charge in [0.25, 0.3) is 0 Å². The molecule has 0 unspecified atom stereocenters. The largest absolute Gasteiger partial charge is 0.367 e. The van der Waals surface area contributed by atoms with Crippen LogP contribution in [0.4, 0.5) is 10.1 Å². The van der Waals surface area contributed by atoms with Crippen molar-refractivity contribution in [2.45, 2.75) is 33.4 Å². The van der Waals surface area contributed by atoms with Gasteiger partial charge in [-0.2, -0.15) is 5.10 Å². The molecular weight excluding hydrogens is 381 g/mol. The highest BCUT2D eigenvalue weighted by atomic mass is 19.1. The fourth-order valence-corrected chi connectivity index (χ4v) is 3.60. The Morgan fingerprint density at radius 3 is 2.67 bits per heavy atom. The summed E-state index contributed by atoms with van der Waals surface area (Å²) in [5.74, 6) is 0.586. The van der Waals surface area contributed by atoms with E-state index in [1.165, 1.54) is 0 Å². The van der Waals surface area contributed by atoms with E-state index in [9.17, 15) is 4.39 Å². The van der Waals surface area contributed by atoms with Gasteiger partial charge in [0.05, 0.1) is 12.2 Å². The fraction of sp³-hybridized carbons (Fsp3) is 0.545. The normalized spacial score (nSPS) is 15.4. The summed E-state index contributed by atoms with van der Waals surface area (Å²) >= 11 is 0. The molecule has 0 aliphatic carbocycles. The zero-order valence-corrected chi connectivity index (χ0v) is 18.1. The molecule has 1 aromatic carbocycles. The van der Waals surface area contributed by atoms with Crippen molar-refractivity contribution in [1.29, 1.82) is 0 Å². The van der Waals surface area contributed by atoms with Gasteiger partial charge in [0.2, 0.25) is 0 Å². The summed E-state index contributed by atoms with van der Waals surface area (Å²) < 4.78 is 16.6. The molecule has 2 heterocycles. The number of rotatable bonds is 9. The summed E-state index contributed by atoms with van der Waals surface area (Å²) in [5, 5.41) is 10.8. The number of hydrogen-bond donors (Lipinski definition) is 2. The molecule has 1 aliphatic heterocycles. The van der Waals surface area contributed by atoms with E-state index >= 15 is 0 Å². The average Bonchev–Trinajstić information content (AvgIpc) is 3.29. The van der Waals surface area contributed by atoms with E-state index in [0.29, 0.717) is 12.2 Å². The smallest absolute Gasteiger partial charge is 0.191 e. The minimum Gasteiger partial charge on any atom is -0.367 e. The minimum absolute atomic E-state index is 0.162. The van der Waals surface area contributed by atoms with Gasteiger partial charge in [0.1, 0.15) is 5.82 Å². The number of aromatic nitrogens is 2. The second kappa shape index (κ2) is 11.5. The number of nitrogens with zero attached hydrogens (tertiary/aromatic N) is 5. The van der Waals surface area contributed by atoms with Crippen LogP contribution in [-0.4, -0.2) is 66.5 Å². The molecule has 30 heavy (non-hydrogen) atoms. The van der Waals surface area contributed by atoms with E-state index in [2.05, 4.69) is 37.4 Å². The Labute approximate surface area is 179 Å². The molecule has 2 N–H and O–H groups in total. The molecule has 3 rings (SSSR count). The number of nitrogens with one attached hydrogen (secondary N) is 2. The van der Waals surface area contributed by atoms with Crippen molar-refractivity contribution < 1.29 is 4.39 Å². The van der Waals surface area contributed by atoms with Crippen LogP contribution in [0.1, 0.15) is 25.8 Å². The van der Waals surface area contributed by atoms with E-state index in [-0.39, 0.29) is 5.82 Å². The number of piperazine rings is 1. The highest BCUT2D eigenvalue weighted by molar-refractivity contribution is 5.79. The molecule has 0 radical (unpaired) electrons. The highest BCUT2D eigenvalue weighted by Gasteiger charge is 2.18. The van der Waals surface area contributed by atoms with Gasteiger partial charge < -0.3 is 20.4 Å². The van der Waals surface area contributed by atoms with Crippen LogP contribution in [0.15, 0.2) is 41.7 Å². The lowest BCUT2D eigenvalue weighted by molar-refractivity contribution is 0.270. The Morgan fingerprint density at radius 2 is 2.00 bits per heavy atom. The maximum Gasteiger partial charge on any atom is 0.191 e. The first-order valence-corrected chi connectivity index (χ1v) is 10.9. The number of hydrogen-bond acceptors (Lipinski definition) is 4. The number of halogens is 1. The third-order valence-electron chi connectivity index (χ3n) is 5.35. The maximum atomic E-state index is 14.7. The Bertz CT molecular complexity index is 783. The molecule has 8 heteroatoms. The lowest BCUT2D eigenvalue weighted by Gasteiger charge is -2.35. The van der Waals surface area contributed by atoms with Crippen LogP contribution in [0.5, 0.6) is 0 Å². The van der Waals surface area contributed by atoms with Crippen molar-refractivity contribution in [2.24, 2.45) is 4.99 Å². The molecule has 1 aliphatic rings. The van der Waals surface area contributed by atoms with Gasteiger partial charge in [-0.05, 0) is 43.7 Å². The van der Waals surface area contributed by atoms with E-state index in [4.69, 9.17) is 0 Å². The van der Waals surface area contributed by atoms with Crippen molar-refractivity contribution in [2.75, 3.05) is 50.7 Å².